The SMILES string of the molecule is COC(=O)c1ccc2c(/C=N\Nc3ncnc4sc(C(C)C)cc34)c[nH]c2c1. The van der Waals surface area contributed by atoms with Crippen LogP contribution >= 0.6 is 11.3 Å². The monoisotopic (exact) mass is 393 g/mol. The van der Waals surface area contributed by atoms with Gasteiger partial charge in [0.2, 0.25) is 0 Å². The summed E-state index contributed by atoms with van der Waals surface area (Å²) >= 11 is 1.67. The maximum Gasteiger partial charge on any atom is 0.337 e. The molecule has 0 fully saturated rings. The zero-order chi connectivity index (χ0) is 19.7. The second kappa shape index (κ2) is 7.40. The smallest absolute Gasteiger partial charge is 0.337 e. The number of anilines is 1. The molecule has 142 valence electrons. The molecular weight excluding hydrogens is 374 g/mol. The first-order chi connectivity index (χ1) is 13.6. The van der Waals surface area contributed by atoms with Gasteiger partial charge in [0.25, 0.3) is 0 Å². The van der Waals surface area contributed by atoms with Crippen molar-refractivity contribution in [2.24, 2.45) is 5.10 Å². The molecule has 0 saturated heterocycles. The van der Waals surface area contributed by atoms with E-state index in [0.29, 0.717) is 17.3 Å². The van der Waals surface area contributed by atoms with Crippen LogP contribution in [0.15, 0.2) is 41.9 Å². The third-order valence-corrected chi connectivity index (χ3v) is 5.77. The van der Waals surface area contributed by atoms with Crippen molar-refractivity contribution in [3.63, 3.8) is 0 Å². The van der Waals surface area contributed by atoms with Crippen molar-refractivity contribution >= 4 is 50.5 Å². The molecule has 8 heteroatoms. The minimum atomic E-state index is -0.363. The molecule has 2 N–H and O–H groups in total. The minimum Gasteiger partial charge on any atom is -0.465 e. The molecule has 0 amide bonds. The predicted octanol–water partition coefficient (Wildman–Crippen LogP) is 4.53. The van der Waals surface area contributed by atoms with E-state index in [9.17, 15) is 4.79 Å². The highest BCUT2D eigenvalue weighted by Crippen LogP contribution is 2.32. The van der Waals surface area contributed by atoms with Crippen LogP contribution < -0.4 is 5.43 Å². The zero-order valence-electron chi connectivity index (χ0n) is 15.7. The summed E-state index contributed by atoms with van der Waals surface area (Å²) in [6, 6.07) is 7.48. The lowest BCUT2D eigenvalue weighted by molar-refractivity contribution is 0.0601. The highest BCUT2D eigenvalue weighted by molar-refractivity contribution is 7.18. The van der Waals surface area contributed by atoms with E-state index in [2.05, 4.69) is 45.4 Å². The van der Waals surface area contributed by atoms with Gasteiger partial charge in [-0.15, -0.1) is 11.3 Å². The van der Waals surface area contributed by atoms with E-state index < -0.39 is 0 Å². The van der Waals surface area contributed by atoms with Crippen LogP contribution in [0.25, 0.3) is 21.1 Å². The summed E-state index contributed by atoms with van der Waals surface area (Å²) in [7, 11) is 1.37. The fraction of sp³-hybridized carbons (Fsp3) is 0.200. The number of rotatable bonds is 5. The predicted molar refractivity (Wildman–Crippen MR) is 112 cm³/mol. The number of benzene rings is 1. The third-order valence-electron chi connectivity index (χ3n) is 4.43. The maximum absolute atomic E-state index is 11.7. The topological polar surface area (TPSA) is 92.3 Å². The Hall–Kier alpha value is -3.26. The fourth-order valence-corrected chi connectivity index (χ4v) is 3.91. The number of carbonyl (C=O) groups excluding carboxylic acids is 1. The lowest BCUT2D eigenvalue weighted by atomic mass is 10.1. The summed E-state index contributed by atoms with van der Waals surface area (Å²) in [6.45, 7) is 4.32. The number of ether oxygens (including phenoxy) is 1. The molecule has 7 nitrogen and oxygen atoms in total. The molecule has 0 aliphatic carbocycles. The lowest BCUT2D eigenvalue weighted by Gasteiger charge is -2.00. The molecule has 0 radical (unpaired) electrons. The Balaban J connectivity index is 1.58. The molecule has 0 unspecified atom stereocenters. The van der Waals surface area contributed by atoms with Crippen molar-refractivity contribution in [2.45, 2.75) is 19.8 Å². The van der Waals surface area contributed by atoms with E-state index in [1.54, 1.807) is 36.0 Å². The van der Waals surface area contributed by atoms with Gasteiger partial charge in [-0.2, -0.15) is 5.10 Å². The lowest BCUT2D eigenvalue weighted by Crippen LogP contribution is -2.00. The number of esters is 1. The van der Waals surface area contributed by atoms with Crippen LogP contribution in [0.3, 0.4) is 0 Å². The highest BCUT2D eigenvalue weighted by Gasteiger charge is 2.11. The van der Waals surface area contributed by atoms with Crippen LogP contribution in [0.2, 0.25) is 0 Å². The summed E-state index contributed by atoms with van der Waals surface area (Å²) in [5, 5.41) is 6.27. The van der Waals surface area contributed by atoms with Gasteiger partial charge in [0.15, 0.2) is 5.82 Å². The Morgan fingerprint density at radius 2 is 2.14 bits per heavy atom. The van der Waals surface area contributed by atoms with Crippen molar-refractivity contribution in [1.29, 1.82) is 0 Å². The first-order valence-electron chi connectivity index (χ1n) is 8.79. The molecule has 1 aromatic carbocycles. The fourth-order valence-electron chi connectivity index (χ4n) is 2.91. The number of hydrogen-bond acceptors (Lipinski definition) is 7. The number of aromatic nitrogens is 3. The molecule has 0 aliphatic heterocycles. The maximum atomic E-state index is 11.7. The summed E-state index contributed by atoms with van der Waals surface area (Å²) in [5.41, 5.74) is 5.26. The Labute approximate surface area is 165 Å². The molecule has 3 aromatic heterocycles. The van der Waals surface area contributed by atoms with Gasteiger partial charge in [-0.25, -0.2) is 14.8 Å². The van der Waals surface area contributed by atoms with Crippen LogP contribution in [-0.2, 0) is 4.74 Å². The number of aromatic amines is 1. The minimum absolute atomic E-state index is 0.363. The van der Waals surface area contributed by atoms with Crippen LogP contribution in [-0.4, -0.2) is 34.2 Å². The van der Waals surface area contributed by atoms with E-state index in [4.69, 9.17) is 4.74 Å². The first-order valence-corrected chi connectivity index (χ1v) is 9.61. The Morgan fingerprint density at radius 1 is 1.29 bits per heavy atom. The van der Waals surface area contributed by atoms with E-state index in [1.165, 1.54) is 12.0 Å². The van der Waals surface area contributed by atoms with E-state index in [0.717, 1.165) is 26.7 Å². The van der Waals surface area contributed by atoms with E-state index in [1.807, 2.05) is 12.3 Å². The molecule has 0 saturated carbocycles. The number of hydrazone groups is 1. The largest absolute Gasteiger partial charge is 0.465 e. The molecular formula is C20H19N5O2S. The van der Waals surface area contributed by atoms with Gasteiger partial charge in [-0.1, -0.05) is 19.9 Å². The second-order valence-corrected chi connectivity index (χ2v) is 7.67. The van der Waals surface area contributed by atoms with Crippen LogP contribution in [0.5, 0.6) is 0 Å². The Kier molecular flexibility index (Phi) is 4.79. The van der Waals surface area contributed by atoms with Crippen molar-refractivity contribution < 1.29 is 9.53 Å². The van der Waals surface area contributed by atoms with Gasteiger partial charge in [-0.05, 0) is 24.1 Å². The second-order valence-electron chi connectivity index (χ2n) is 6.61. The van der Waals surface area contributed by atoms with Gasteiger partial charge < -0.3 is 9.72 Å². The van der Waals surface area contributed by atoms with Crippen LogP contribution in [0.4, 0.5) is 5.82 Å². The molecule has 0 aliphatic rings. The van der Waals surface area contributed by atoms with Crippen molar-refractivity contribution in [1.82, 2.24) is 15.0 Å². The number of hydrogen-bond donors (Lipinski definition) is 2. The molecule has 4 rings (SSSR count). The number of nitrogens with zero attached hydrogens (tertiary/aromatic N) is 3. The highest BCUT2D eigenvalue weighted by atomic mass is 32.1. The average molecular weight is 393 g/mol. The quantitative estimate of drug-likeness (QED) is 0.295. The van der Waals surface area contributed by atoms with Gasteiger partial charge >= 0.3 is 5.97 Å². The van der Waals surface area contributed by atoms with Gasteiger partial charge in [0, 0.05) is 27.5 Å². The average Bonchev–Trinajstić information content (AvgIpc) is 3.32. The summed E-state index contributed by atoms with van der Waals surface area (Å²) in [5.74, 6) is 0.756. The number of thiophene rings is 1. The molecule has 0 atom stereocenters. The normalized spacial score (nSPS) is 11.7. The van der Waals surface area contributed by atoms with Gasteiger partial charge in [-0.3, -0.25) is 5.43 Å². The number of nitrogens with one attached hydrogen (secondary N) is 2. The molecule has 3 heterocycles. The summed E-state index contributed by atoms with van der Waals surface area (Å²) in [4.78, 5) is 25.7. The van der Waals surface area contributed by atoms with Crippen molar-refractivity contribution in [3.8, 4) is 0 Å². The zero-order valence-corrected chi connectivity index (χ0v) is 16.5. The van der Waals surface area contributed by atoms with Crippen LogP contribution in [0.1, 0.15) is 40.6 Å². The van der Waals surface area contributed by atoms with Crippen molar-refractivity contribution in [3.05, 3.63) is 52.8 Å². The summed E-state index contributed by atoms with van der Waals surface area (Å²) < 4.78 is 4.76. The number of methoxy groups -OCH3 is 1. The van der Waals surface area contributed by atoms with Crippen LogP contribution in [0, 0.1) is 0 Å². The number of fused-ring (bicyclic) bond motifs is 2. The van der Waals surface area contributed by atoms with Crippen molar-refractivity contribution in [2.75, 3.05) is 12.5 Å². The van der Waals surface area contributed by atoms with E-state index >= 15 is 0 Å². The standard InChI is InChI=1S/C20H19N5O2S/c1-11(2)17-7-15-18(22-10-23-19(15)28-17)25-24-9-13-8-21-16-6-12(20(26)27-3)4-5-14(13)16/h4-11,21H,1-3H3,(H,22,23,25)/b24-9-. The number of H-pyrrole nitrogens is 1. The van der Waals surface area contributed by atoms with E-state index in [-0.39, 0.29) is 5.97 Å². The van der Waals surface area contributed by atoms with Gasteiger partial charge in [0.1, 0.15) is 11.2 Å². The third kappa shape index (κ3) is 3.34. The molecule has 4 aromatic rings. The summed E-state index contributed by atoms with van der Waals surface area (Å²) in [6.07, 6.45) is 5.11. The molecule has 0 spiro atoms. The Bertz CT molecular complexity index is 1190. The number of carbonyl (C=O) groups is 1. The van der Waals surface area contributed by atoms with Gasteiger partial charge in [0.05, 0.1) is 24.3 Å². The molecule has 0 bridgehead atoms. The molecule has 28 heavy (non-hydrogen) atoms. The first kappa shape index (κ1) is 18.1. The Morgan fingerprint density at radius 3 is 2.93 bits per heavy atom.